The molecule has 1 aliphatic carbocycles. The Bertz CT molecular complexity index is 567. The summed E-state index contributed by atoms with van der Waals surface area (Å²) in [5, 5.41) is 7.13. The number of unbranched alkanes of at least 4 members (excludes halogenated alkanes) is 1. The second-order valence-electron chi connectivity index (χ2n) is 8.12. The van der Waals surface area contributed by atoms with Crippen molar-refractivity contribution in [3.8, 4) is 0 Å². The van der Waals surface area contributed by atoms with Gasteiger partial charge < -0.3 is 20.1 Å². The first-order valence-corrected chi connectivity index (χ1v) is 10.9. The number of aryl methyl sites for hydroxylation is 2. The van der Waals surface area contributed by atoms with Crippen LogP contribution >= 0.6 is 0 Å². The zero-order valence-corrected chi connectivity index (χ0v) is 17.3. The standard InChI is InChI=1S/C21H38N6/c1-18-23-13-17-26(18)14-7-6-12-24-21(22-2)25-19-10-15-27(16-11-19)20-8-4-3-5-9-20/h13,17,19-20H,3-12,14-16H2,1-2H3,(H2,22,24,25). The van der Waals surface area contributed by atoms with Gasteiger partial charge in [0.1, 0.15) is 5.82 Å². The van der Waals surface area contributed by atoms with Gasteiger partial charge in [-0.15, -0.1) is 0 Å². The number of hydrogen-bond donors (Lipinski definition) is 2. The molecule has 1 aromatic heterocycles. The van der Waals surface area contributed by atoms with Crippen LogP contribution < -0.4 is 10.6 Å². The van der Waals surface area contributed by atoms with Crippen LogP contribution in [-0.2, 0) is 6.54 Å². The van der Waals surface area contributed by atoms with Gasteiger partial charge in [0.05, 0.1) is 0 Å². The largest absolute Gasteiger partial charge is 0.356 e. The van der Waals surface area contributed by atoms with Gasteiger partial charge in [-0.25, -0.2) is 4.98 Å². The number of guanidine groups is 1. The summed E-state index contributed by atoms with van der Waals surface area (Å²) in [6, 6.07) is 1.42. The molecule has 0 radical (unpaired) electrons. The Balaban J connectivity index is 1.29. The number of nitrogens with zero attached hydrogens (tertiary/aromatic N) is 4. The van der Waals surface area contributed by atoms with Gasteiger partial charge >= 0.3 is 0 Å². The van der Waals surface area contributed by atoms with Crippen LogP contribution in [0.5, 0.6) is 0 Å². The Kier molecular flexibility index (Phi) is 7.99. The fourth-order valence-electron chi connectivity index (χ4n) is 4.50. The molecule has 0 bridgehead atoms. The highest BCUT2D eigenvalue weighted by atomic mass is 15.2. The van der Waals surface area contributed by atoms with Gasteiger partial charge in [-0.3, -0.25) is 4.99 Å². The Morgan fingerprint density at radius 1 is 1.15 bits per heavy atom. The minimum Gasteiger partial charge on any atom is -0.356 e. The van der Waals surface area contributed by atoms with Crippen molar-refractivity contribution < 1.29 is 0 Å². The molecule has 152 valence electrons. The summed E-state index contributed by atoms with van der Waals surface area (Å²) in [5.74, 6) is 2.06. The van der Waals surface area contributed by atoms with Gasteiger partial charge in [-0.1, -0.05) is 19.3 Å². The summed E-state index contributed by atoms with van der Waals surface area (Å²) < 4.78 is 2.22. The number of nitrogens with one attached hydrogen (secondary N) is 2. The van der Waals surface area contributed by atoms with E-state index in [0.717, 1.165) is 43.8 Å². The minimum atomic E-state index is 0.560. The molecule has 0 aromatic carbocycles. The van der Waals surface area contributed by atoms with Crippen LogP contribution in [0, 0.1) is 6.92 Å². The predicted octanol–water partition coefficient (Wildman–Crippen LogP) is 2.93. The first kappa shape index (κ1) is 20.2. The fraction of sp³-hybridized carbons (Fsp3) is 0.810. The quantitative estimate of drug-likeness (QED) is 0.438. The van der Waals surface area contributed by atoms with Crippen molar-refractivity contribution in [3.05, 3.63) is 18.2 Å². The van der Waals surface area contributed by atoms with Gasteiger partial charge in [0, 0.05) is 57.7 Å². The molecule has 1 aromatic rings. The average Bonchev–Trinajstić information content (AvgIpc) is 3.13. The summed E-state index contributed by atoms with van der Waals surface area (Å²) in [5.41, 5.74) is 0. The third-order valence-electron chi connectivity index (χ3n) is 6.23. The molecular formula is C21H38N6. The van der Waals surface area contributed by atoms with Crippen LogP contribution in [0.25, 0.3) is 0 Å². The topological polar surface area (TPSA) is 57.5 Å². The van der Waals surface area contributed by atoms with Crippen LogP contribution in [0.3, 0.4) is 0 Å². The number of imidazole rings is 1. The number of rotatable bonds is 7. The molecule has 1 saturated carbocycles. The summed E-state index contributed by atoms with van der Waals surface area (Å²) >= 11 is 0. The molecule has 2 fully saturated rings. The van der Waals surface area contributed by atoms with Gasteiger partial charge in [0.2, 0.25) is 0 Å². The van der Waals surface area contributed by atoms with Crippen LogP contribution in [0.2, 0.25) is 0 Å². The Morgan fingerprint density at radius 3 is 2.59 bits per heavy atom. The van der Waals surface area contributed by atoms with Crippen molar-refractivity contribution >= 4 is 5.96 Å². The van der Waals surface area contributed by atoms with Crippen LogP contribution in [-0.4, -0.2) is 59.2 Å². The second-order valence-corrected chi connectivity index (χ2v) is 8.12. The highest BCUT2D eigenvalue weighted by Gasteiger charge is 2.26. The third-order valence-corrected chi connectivity index (χ3v) is 6.23. The highest BCUT2D eigenvalue weighted by Crippen LogP contribution is 2.25. The molecule has 0 amide bonds. The van der Waals surface area contributed by atoms with E-state index in [4.69, 9.17) is 0 Å². The van der Waals surface area contributed by atoms with Crippen LogP contribution in [0.4, 0.5) is 0 Å². The van der Waals surface area contributed by atoms with Crippen molar-refractivity contribution in [3.63, 3.8) is 0 Å². The SMILES string of the molecule is CN=C(NCCCCn1ccnc1C)NC1CCN(C2CCCCC2)CC1. The van der Waals surface area contributed by atoms with Crippen molar-refractivity contribution in [1.29, 1.82) is 0 Å². The zero-order valence-electron chi connectivity index (χ0n) is 17.3. The molecule has 0 unspecified atom stereocenters. The maximum absolute atomic E-state index is 4.42. The van der Waals surface area contributed by atoms with E-state index in [1.54, 1.807) is 0 Å². The predicted molar refractivity (Wildman–Crippen MR) is 112 cm³/mol. The van der Waals surface area contributed by atoms with E-state index in [-0.39, 0.29) is 0 Å². The Hall–Kier alpha value is -1.56. The van der Waals surface area contributed by atoms with Gasteiger partial charge in [-0.05, 0) is 45.4 Å². The molecule has 6 heteroatoms. The average molecular weight is 375 g/mol. The summed E-state index contributed by atoms with van der Waals surface area (Å²) in [4.78, 5) is 11.4. The molecule has 3 rings (SSSR count). The Morgan fingerprint density at radius 2 is 1.93 bits per heavy atom. The van der Waals surface area contributed by atoms with E-state index in [9.17, 15) is 0 Å². The Labute approximate surface area is 164 Å². The van der Waals surface area contributed by atoms with E-state index in [1.807, 2.05) is 13.2 Å². The second kappa shape index (κ2) is 10.7. The minimum absolute atomic E-state index is 0.560. The molecule has 27 heavy (non-hydrogen) atoms. The third kappa shape index (κ3) is 6.23. The molecule has 1 aliphatic heterocycles. The van der Waals surface area contributed by atoms with Crippen molar-refractivity contribution in [2.45, 2.75) is 83.3 Å². The van der Waals surface area contributed by atoms with Crippen molar-refractivity contribution in [2.24, 2.45) is 4.99 Å². The van der Waals surface area contributed by atoms with Gasteiger partial charge in [0.15, 0.2) is 5.96 Å². The maximum atomic E-state index is 4.42. The lowest BCUT2D eigenvalue weighted by atomic mass is 9.92. The summed E-state index contributed by atoms with van der Waals surface area (Å²) in [6.07, 6.45) is 15.8. The first-order chi connectivity index (χ1) is 13.3. The molecule has 2 aliphatic rings. The molecule has 1 saturated heterocycles. The monoisotopic (exact) mass is 374 g/mol. The molecule has 0 atom stereocenters. The molecule has 0 spiro atoms. The van der Waals surface area contributed by atoms with Crippen molar-refractivity contribution in [1.82, 2.24) is 25.1 Å². The van der Waals surface area contributed by atoms with Gasteiger partial charge in [-0.2, -0.15) is 0 Å². The zero-order chi connectivity index (χ0) is 18.9. The van der Waals surface area contributed by atoms with Crippen LogP contribution in [0.15, 0.2) is 17.4 Å². The van der Waals surface area contributed by atoms with E-state index in [2.05, 4.69) is 43.2 Å². The first-order valence-electron chi connectivity index (χ1n) is 10.9. The highest BCUT2D eigenvalue weighted by molar-refractivity contribution is 5.79. The molecule has 2 N–H and O–H groups in total. The van der Waals surface area contributed by atoms with E-state index >= 15 is 0 Å². The van der Waals surface area contributed by atoms with Gasteiger partial charge in [0.25, 0.3) is 0 Å². The number of likely N-dealkylation sites (tertiary alicyclic amines) is 1. The smallest absolute Gasteiger partial charge is 0.191 e. The van der Waals surface area contributed by atoms with Crippen LogP contribution in [0.1, 0.15) is 63.6 Å². The molecule has 6 nitrogen and oxygen atoms in total. The lowest BCUT2D eigenvalue weighted by molar-refractivity contribution is 0.119. The van der Waals surface area contributed by atoms with E-state index in [0.29, 0.717) is 6.04 Å². The molecule has 2 heterocycles. The molecular weight excluding hydrogens is 336 g/mol. The number of aromatic nitrogens is 2. The normalized spacial score (nSPS) is 20.7. The van der Waals surface area contributed by atoms with E-state index < -0.39 is 0 Å². The van der Waals surface area contributed by atoms with E-state index in [1.165, 1.54) is 58.0 Å². The maximum Gasteiger partial charge on any atom is 0.191 e. The van der Waals surface area contributed by atoms with Crippen molar-refractivity contribution in [2.75, 3.05) is 26.7 Å². The fourth-order valence-corrected chi connectivity index (χ4v) is 4.50. The lowest BCUT2D eigenvalue weighted by Gasteiger charge is -2.39. The lowest BCUT2D eigenvalue weighted by Crippen LogP contribution is -2.51. The number of hydrogen-bond acceptors (Lipinski definition) is 3. The summed E-state index contributed by atoms with van der Waals surface area (Å²) in [6.45, 7) is 6.55. The number of piperidine rings is 1. The summed E-state index contributed by atoms with van der Waals surface area (Å²) in [7, 11) is 1.88. The number of aliphatic imine (C=N–C) groups is 1.